The molecule has 0 saturated heterocycles. The van der Waals surface area contributed by atoms with E-state index < -0.39 is 6.09 Å². The Morgan fingerprint density at radius 1 is 1.14 bits per heavy atom. The molecule has 0 fully saturated rings. The van der Waals surface area contributed by atoms with Crippen LogP contribution in [-0.2, 0) is 16.5 Å². The zero-order valence-corrected chi connectivity index (χ0v) is 20.0. The van der Waals surface area contributed by atoms with E-state index in [4.69, 9.17) is 5.11 Å². The number of hydrogen-bond acceptors (Lipinski definition) is 2. The molecule has 0 aliphatic heterocycles. The van der Waals surface area contributed by atoms with Gasteiger partial charge in [0.15, 0.2) is 0 Å². The number of amides is 2. The second-order valence-electron chi connectivity index (χ2n) is 4.05. The van der Waals surface area contributed by atoms with Crippen LogP contribution < -0.4 is 0 Å². The van der Waals surface area contributed by atoms with Gasteiger partial charge in [0.2, 0.25) is 0 Å². The molecule has 1 aromatic rings. The summed E-state index contributed by atoms with van der Waals surface area (Å²) in [5.74, 6) is -0.613. The van der Waals surface area contributed by atoms with Crippen LogP contribution >= 0.6 is 15.9 Å². The van der Waals surface area contributed by atoms with E-state index in [-0.39, 0.29) is 37.9 Å². The molecule has 1 unspecified atom stereocenters. The summed E-state index contributed by atoms with van der Waals surface area (Å²) in [7, 11) is 0. The Hall–Kier alpha value is -0.438. The van der Waals surface area contributed by atoms with Gasteiger partial charge in [0, 0.05) is 0 Å². The first-order valence-electron chi connectivity index (χ1n) is 7.41. The van der Waals surface area contributed by atoms with Crippen LogP contribution in [0, 0.1) is 5.92 Å². The number of carbonyl (C=O) groups is 2. The molecule has 0 aliphatic carbocycles. The molecule has 122 valence electrons. The molecule has 0 radical (unpaired) electrons. The quantitative estimate of drug-likeness (QED) is 0.437. The molecule has 0 saturated carbocycles. The van der Waals surface area contributed by atoms with Gasteiger partial charge in [-0.05, 0) is 0 Å². The molecule has 2 amide bonds. The third kappa shape index (κ3) is 8.87. The van der Waals surface area contributed by atoms with Crippen LogP contribution in [0.15, 0.2) is 24.3 Å². The number of nitrogens with zero attached hydrogens (tertiary/aromatic N) is 1. The first kappa shape index (κ1) is 23.8. The van der Waals surface area contributed by atoms with E-state index in [9.17, 15) is 9.59 Å². The van der Waals surface area contributed by atoms with Gasteiger partial charge in [0.1, 0.15) is 0 Å². The molecule has 0 bridgehead atoms. The van der Waals surface area contributed by atoms with Crippen molar-refractivity contribution in [2.75, 3.05) is 0 Å². The van der Waals surface area contributed by atoms with E-state index in [0.29, 0.717) is 6.42 Å². The second kappa shape index (κ2) is 14.2. The van der Waals surface area contributed by atoms with Crippen LogP contribution in [0.5, 0.6) is 0 Å². The SMILES string of the molecule is CC.CC.CC(Cc1ccc(CBr)cc1)C(=O)[N]([Tl])C(=O)O. The Morgan fingerprint density at radius 2 is 1.55 bits per heavy atom. The average Bonchev–Trinajstić information content (AvgIpc) is 2.57. The Bertz CT molecular complexity index is 438. The van der Waals surface area contributed by atoms with Gasteiger partial charge in [-0.1, -0.05) is 27.7 Å². The van der Waals surface area contributed by atoms with Gasteiger partial charge in [-0.25, -0.2) is 0 Å². The molecule has 1 rings (SSSR count). The topological polar surface area (TPSA) is 57.6 Å². The fraction of sp³-hybridized carbons (Fsp3) is 0.500. The van der Waals surface area contributed by atoms with Crippen molar-refractivity contribution < 1.29 is 14.7 Å². The van der Waals surface area contributed by atoms with Crippen LogP contribution in [0.2, 0.25) is 0 Å². The first-order chi connectivity index (χ1) is 10.5. The van der Waals surface area contributed by atoms with Crippen molar-refractivity contribution in [3.05, 3.63) is 35.4 Å². The van der Waals surface area contributed by atoms with E-state index in [1.165, 1.54) is 5.56 Å². The molecule has 1 atom stereocenters. The predicted octanol–water partition coefficient (Wildman–Crippen LogP) is 4.40. The first-order valence-corrected chi connectivity index (χ1v) is 10.5. The number of carboxylic acid groups (broad SMARTS) is 1. The molecule has 0 aromatic heterocycles. The normalized spacial score (nSPS) is 10.2. The summed E-state index contributed by atoms with van der Waals surface area (Å²) in [6.07, 6.45) is -0.579. The monoisotopic (exact) mass is 563 g/mol. The number of alkyl halides is 1. The van der Waals surface area contributed by atoms with Gasteiger partial charge in [0.25, 0.3) is 0 Å². The molecule has 0 heterocycles. The average molecular weight is 564 g/mol. The number of benzene rings is 1. The van der Waals surface area contributed by atoms with Crippen molar-refractivity contribution in [3.63, 3.8) is 0 Å². The summed E-state index contributed by atoms with van der Waals surface area (Å²) < 4.78 is 0.900. The molecule has 22 heavy (non-hydrogen) atoms. The third-order valence-corrected chi connectivity index (χ3v) is 5.08. The van der Waals surface area contributed by atoms with Crippen molar-refractivity contribution in [3.8, 4) is 0 Å². The van der Waals surface area contributed by atoms with Gasteiger partial charge in [-0.15, -0.1) is 0 Å². The Kier molecular flexibility index (Phi) is 15.3. The maximum atomic E-state index is 11.8. The third-order valence-electron chi connectivity index (χ3n) is 2.58. The standard InChI is InChI=1S/C12H14BrNO3.2C2H6.Tl/c1-8(11(15)14-12(16)17)6-9-2-4-10(7-13)5-3-9;2*1-2;/h2-5,8H,6-7H2,1H3,(H2,14,15,16,17);2*1-2H3;/q;;;+1/p-1. The summed E-state index contributed by atoms with van der Waals surface area (Å²) in [5.41, 5.74) is 2.22. The Labute approximate surface area is 158 Å². The molecule has 4 nitrogen and oxygen atoms in total. The minimum absolute atomic E-state index is 0.0155. The van der Waals surface area contributed by atoms with Gasteiger partial charge in [0.05, 0.1) is 0 Å². The number of rotatable bonds is 4. The van der Waals surface area contributed by atoms with Crippen LogP contribution in [0.25, 0.3) is 0 Å². The van der Waals surface area contributed by atoms with Gasteiger partial charge in [-0.2, -0.15) is 0 Å². The fourth-order valence-corrected chi connectivity index (χ4v) is 2.90. The molecular weight excluding hydrogens is 538 g/mol. The zero-order valence-electron chi connectivity index (χ0n) is 14.0. The van der Waals surface area contributed by atoms with Crippen LogP contribution in [0.4, 0.5) is 4.79 Å². The summed E-state index contributed by atoms with van der Waals surface area (Å²) >= 11 is 3.36. The molecule has 6 heteroatoms. The van der Waals surface area contributed by atoms with Crippen molar-refractivity contribution >= 4 is 54.0 Å². The van der Waals surface area contributed by atoms with Crippen LogP contribution in [0.3, 0.4) is 0 Å². The summed E-state index contributed by atoms with van der Waals surface area (Å²) in [4.78, 5) is 22.5. The second-order valence-corrected chi connectivity index (χ2v) is 6.61. The van der Waals surface area contributed by atoms with Gasteiger partial charge in [-0.3, -0.25) is 0 Å². The summed E-state index contributed by atoms with van der Waals surface area (Å²) in [6, 6.07) is 7.94. The van der Waals surface area contributed by atoms with Crippen molar-refractivity contribution in [1.82, 2.24) is 2.71 Å². The number of imide groups is 1. The summed E-state index contributed by atoms with van der Waals surface area (Å²) in [6.45, 7) is 9.76. The van der Waals surface area contributed by atoms with Crippen molar-refractivity contribution in [1.29, 1.82) is 0 Å². The predicted molar refractivity (Wildman–Crippen MR) is 95.3 cm³/mol. The molecule has 1 aromatic carbocycles. The van der Waals surface area contributed by atoms with E-state index in [1.54, 1.807) is 6.92 Å². The van der Waals surface area contributed by atoms with E-state index >= 15 is 0 Å². The summed E-state index contributed by atoms with van der Waals surface area (Å²) in [5, 5.41) is 9.58. The molecule has 0 spiro atoms. The van der Waals surface area contributed by atoms with E-state index in [1.807, 2.05) is 52.0 Å². The number of carbonyl (C=O) groups excluding carboxylic acids is 1. The van der Waals surface area contributed by atoms with Crippen molar-refractivity contribution in [2.45, 2.75) is 46.4 Å². The molecular formula is C16H25BrNO3Tl. The molecule has 0 aliphatic rings. The van der Waals surface area contributed by atoms with Crippen LogP contribution in [-0.4, -0.2) is 45.9 Å². The number of hydrogen-bond donors (Lipinski definition) is 1. The maximum absolute atomic E-state index is 11.8. The Balaban J connectivity index is 0. The van der Waals surface area contributed by atoms with Gasteiger partial charge >= 0.3 is 131 Å². The molecule has 1 N–H and O–H groups in total. The van der Waals surface area contributed by atoms with Crippen LogP contribution in [0.1, 0.15) is 45.7 Å². The fourth-order valence-electron chi connectivity index (χ4n) is 1.54. The van der Waals surface area contributed by atoms with Crippen molar-refractivity contribution in [2.24, 2.45) is 5.92 Å². The van der Waals surface area contributed by atoms with E-state index in [2.05, 4.69) is 15.9 Å². The van der Waals surface area contributed by atoms with E-state index in [0.717, 1.165) is 13.6 Å². The number of halogens is 1. The Morgan fingerprint density at radius 3 is 1.91 bits per heavy atom. The van der Waals surface area contributed by atoms with Gasteiger partial charge < -0.3 is 0 Å². The minimum atomic E-state index is -1.15. The zero-order chi connectivity index (χ0) is 17.7.